The molecule has 0 spiro atoms. The van der Waals surface area contributed by atoms with Gasteiger partial charge in [0.15, 0.2) is 5.83 Å². The smallest absolute Gasteiger partial charge is 0.373 e. The lowest BCUT2D eigenvalue weighted by atomic mass is 10.1. The maximum Gasteiger partial charge on any atom is 0.373 e. The lowest BCUT2D eigenvalue weighted by Gasteiger charge is -2.15. The molecule has 0 bridgehead atoms. The third-order valence-corrected chi connectivity index (χ3v) is 5.44. The predicted molar refractivity (Wildman–Crippen MR) is 107 cm³/mol. The lowest BCUT2D eigenvalue weighted by molar-refractivity contribution is -0.147. The highest BCUT2D eigenvalue weighted by Crippen LogP contribution is 2.60. The molecule has 1 fully saturated rings. The van der Waals surface area contributed by atoms with E-state index in [1.807, 2.05) is 0 Å². The summed E-state index contributed by atoms with van der Waals surface area (Å²) in [4.78, 5) is 12.4. The minimum atomic E-state index is -4.11. The zero-order valence-corrected chi connectivity index (χ0v) is 17.0. The van der Waals surface area contributed by atoms with Crippen molar-refractivity contribution < 1.29 is 27.2 Å². The minimum Gasteiger partial charge on any atom is -0.461 e. The lowest BCUT2D eigenvalue weighted by Crippen LogP contribution is -2.11. The van der Waals surface area contributed by atoms with Crippen LogP contribution in [0.25, 0.3) is 0 Å². The second-order valence-electron chi connectivity index (χ2n) is 7.73. The van der Waals surface area contributed by atoms with Crippen molar-refractivity contribution in [2.75, 3.05) is 5.12 Å². The van der Waals surface area contributed by atoms with E-state index in [-0.39, 0.29) is 12.3 Å². The molecule has 160 valence electrons. The first-order chi connectivity index (χ1) is 14.0. The molecule has 30 heavy (non-hydrogen) atoms. The normalized spacial score (nSPS) is 20.6. The molecule has 2 aromatic carbocycles. The second kappa shape index (κ2) is 8.30. The molecule has 1 aliphatic rings. The summed E-state index contributed by atoms with van der Waals surface area (Å²) in [6.07, 6.45) is 0.681. The van der Waals surface area contributed by atoms with Crippen LogP contribution in [0.5, 0.6) is 0 Å². The molecule has 2 atom stereocenters. The Balaban J connectivity index is 1.64. The van der Waals surface area contributed by atoms with Crippen molar-refractivity contribution in [1.29, 1.82) is 0 Å². The minimum absolute atomic E-state index is 0.132. The first kappa shape index (κ1) is 22.2. The van der Waals surface area contributed by atoms with E-state index in [0.29, 0.717) is 22.4 Å². The summed E-state index contributed by atoms with van der Waals surface area (Å²) in [6, 6.07) is 14.8. The van der Waals surface area contributed by atoms with Gasteiger partial charge in [-0.3, -0.25) is 4.79 Å². The molecule has 0 saturated heterocycles. The number of benzene rings is 2. The molecule has 2 unspecified atom stereocenters. The van der Waals surface area contributed by atoms with Crippen molar-refractivity contribution in [2.45, 2.75) is 25.8 Å². The molecule has 8 heteroatoms. The molecule has 0 heterocycles. The Morgan fingerprint density at radius 1 is 1.17 bits per heavy atom. The number of rotatable bonds is 7. The highest BCUT2D eigenvalue weighted by atomic mass is 35.5. The summed E-state index contributed by atoms with van der Waals surface area (Å²) >= 11 is 4.67. The van der Waals surface area contributed by atoms with Gasteiger partial charge in [0.1, 0.15) is 6.61 Å². The average molecular weight is 442 g/mol. The molecule has 1 aliphatic carbocycles. The molecule has 0 radical (unpaired) electrons. The standard InChI is InChI=1S/C22H20ClF4NO2/c1-21(2)17(12-18(24)22(23,25)26)19(21)20(29)30-13-14-7-6-10-16(11-14)28(27)15-8-4-3-5-9-15/h3-12,17,19H,13H2,1-2H3. The number of halogens is 5. The van der Waals surface area contributed by atoms with Gasteiger partial charge in [0.05, 0.1) is 17.3 Å². The van der Waals surface area contributed by atoms with Crippen LogP contribution in [0, 0.1) is 17.3 Å². The number of hydrogen-bond donors (Lipinski definition) is 0. The van der Waals surface area contributed by atoms with Crippen LogP contribution >= 0.6 is 11.6 Å². The number of alkyl halides is 3. The molecule has 0 aliphatic heterocycles. The van der Waals surface area contributed by atoms with E-state index in [4.69, 9.17) is 4.74 Å². The molecular formula is C22H20ClF4NO2. The highest BCUT2D eigenvalue weighted by molar-refractivity contribution is 6.23. The van der Waals surface area contributed by atoms with Crippen molar-refractivity contribution in [1.82, 2.24) is 0 Å². The van der Waals surface area contributed by atoms with Gasteiger partial charge in [-0.25, -0.2) is 4.39 Å². The van der Waals surface area contributed by atoms with Gasteiger partial charge in [-0.1, -0.05) is 48.7 Å². The maximum absolute atomic E-state index is 14.6. The molecule has 3 rings (SSSR count). The second-order valence-corrected chi connectivity index (χ2v) is 8.21. The molecule has 0 aromatic heterocycles. The van der Waals surface area contributed by atoms with Crippen LogP contribution in [0.4, 0.5) is 29.0 Å². The number of allylic oxidation sites excluding steroid dienone is 2. The van der Waals surface area contributed by atoms with Gasteiger partial charge in [-0.2, -0.15) is 13.9 Å². The Hall–Kier alpha value is -2.54. The number of anilines is 2. The predicted octanol–water partition coefficient (Wildman–Crippen LogP) is 6.71. The Kier molecular flexibility index (Phi) is 6.13. The molecule has 2 aromatic rings. The van der Waals surface area contributed by atoms with E-state index in [9.17, 15) is 22.4 Å². The summed E-state index contributed by atoms with van der Waals surface area (Å²) in [6.45, 7) is 3.18. The molecule has 1 saturated carbocycles. The first-order valence-corrected chi connectivity index (χ1v) is 9.60. The van der Waals surface area contributed by atoms with Gasteiger partial charge in [-0.15, -0.1) is 0 Å². The maximum atomic E-state index is 14.6. The number of hydrogen-bond acceptors (Lipinski definition) is 3. The van der Waals surface area contributed by atoms with Crippen LogP contribution in [0.3, 0.4) is 0 Å². The molecular weight excluding hydrogens is 422 g/mol. The largest absolute Gasteiger partial charge is 0.461 e. The van der Waals surface area contributed by atoms with Gasteiger partial charge >= 0.3 is 11.4 Å². The summed E-state index contributed by atoms with van der Waals surface area (Å²) < 4.78 is 59.0. The van der Waals surface area contributed by atoms with Gasteiger partial charge < -0.3 is 4.74 Å². The third kappa shape index (κ3) is 4.78. The number of nitrogens with zero attached hydrogens (tertiary/aromatic N) is 1. The zero-order chi connectivity index (χ0) is 22.1. The van der Waals surface area contributed by atoms with Crippen molar-refractivity contribution >= 4 is 28.9 Å². The van der Waals surface area contributed by atoms with E-state index < -0.39 is 34.4 Å². The van der Waals surface area contributed by atoms with Crippen LogP contribution in [-0.4, -0.2) is 11.4 Å². The van der Waals surface area contributed by atoms with E-state index in [2.05, 4.69) is 11.6 Å². The van der Waals surface area contributed by atoms with Gasteiger partial charge in [0, 0.05) is 0 Å². The zero-order valence-electron chi connectivity index (χ0n) is 16.3. The summed E-state index contributed by atoms with van der Waals surface area (Å²) in [5.41, 5.74) is 0.415. The third-order valence-electron chi connectivity index (χ3n) is 5.26. The van der Waals surface area contributed by atoms with Crippen molar-refractivity contribution in [3.8, 4) is 0 Å². The van der Waals surface area contributed by atoms with Crippen LogP contribution in [0.15, 0.2) is 66.5 Å². The highest BCUT2D eigenvalue weighted by Gasteiger charge is 2.62. The molecule has 0 amide bonds. The first-order valence-electron chi connectivity index (χ1n) is 9.23. The Morgan fingerprint density at radius 3 is 2.43 bits per heavy atom. The van der Waals surface area contributed by atoms with E-state index in [1.165, 1.54) is 6.07 Å². The average Bonchev–Trinajstić information content (AvgIpc) is 3.25. The Bertz CT molecular complexity index is 944. The fourth-order valence-electron chi connectivity index (χ4n) is 3.41. The van der Waals surface area contributed by atoms with E-state index in [1.54, 1.807) is 62.4 Å². The summed E-state index contributed by atoms with van der Waals surface area (Å²) in [7, 11) is 0. The van der Waals surface area contributed by atoms with Crippen LogP contribution in [0.1, 0.15) is 19.4 Å². The quantitative estimate of drug-likeness (QED) is 0.207. The Morgan fingerprint density at radius 2 is 1.80 bits per heavy atom. The fraction of sp³-hybridized carbons (Fsp3) is 0.318. The van der Waals surface area contributed by atoms with Crippen LogP contribution < -0.4 is 5.12 Å². The molecule has 3 nitrogen and oxygen atoms in total. The van der Waals surface area contributed by atoms with E-state index in [0.717, 1.165) is 0 Å². The van der Waals surface area contributed by atoms with Gasteiger partial charge in [-0.05, 0) is 58.8 Å². The van der Waals surface area contributed by atoms with E-state index >= 15 is 0 Å². The number of para-hydroxylation sites is 1. The number of ether oxygens (including phenoxy) is 1. The number of carbonyl (C=O) groups is 1. The summed E-state index contributed by atoms with van der Waals surface area (Å²) in [5.74, 6) is -3.94. The number of carbonyl (C=O) groups excluding carboxylic acids is 1. The number of esters is 1. The van der Waals surface area contributed by atoms with Crippen molar-refractivity contribution in [2.24, 2.45) is 17.3 Å². The summed E-state index contributed by atoms with van der Waals surface area (Å²) in [5, 5.41) is -3.60. The van der Waals surface area contributed by atoms with Crippen molar-refractivity contribution in [3.63, 3.8) is 0 Å². The van der Waals surface area contributed by atoms with Gasteiger partial charge in [0.25, 0.3) is 0 Å². The van der Waals surface area contributed by atoms with Crippen LogP contribution in [-0.2, 0) is 16.1 Å². The fourth-order valence-corrected chi connectivity index (χ4v) is 3.47. The van der Waals surface area contributed by atoms with Crippen molar-refractivity contribution in [3.05, 3.63) is 72.1 Å². The Labute approximate surface area is 176 Å². The molecule has 0 N–H and O–H groups in total. The van der Waals surface area contributed by atoms with Crippen LogP contribution in [0.2, 0.25) is 0 Å². The monoisotopic (exact) mass is 441 g/mol. The topological polar surface area (TPSA) is 29.5 Å². The SMILES string of the molecule is CC1(C)C(C=C(F)C(F)(F)Cl)C1C(=O)OCc1cccc(N(F)c2ccccc2)c1. The van der Waals surface area contributed by atoms with Gasteiger partial charge in [0.2, 0.25) is 0 Å².